The molecule has 3 aliphatic rings. The topological polar surface area (TPSA) is 57.7 Å². The van der Waals surface area contributed by atoms with Gasteiger partial charge in [0.25, 0.3) is 0 Å². The molecular weight excluding hydrogens is 312 g/mol. The first-order valence-corrected chi connectivity index (χ1v) is 9.98. The first-order valence-electron chi connectivity index (χ1n) is 8.54. The summed E-state index contributed by atoms with van der Waals surface area (Å²) in [6, 6.07) is 3.61. The highest BCUT2D eigenvalue weighted by Crippen LogP contribution is 2.39. The van der Waals surface area contributed by atoms with Gasteiger partial charge in [0.05, 0.1) is 10.6 Å². The molecule has 4 rings (SSSR count). The molecule has 0 spiro atoms. The van der Waals surface area contributed by atoms with E-state index in [-0.39, 0.29) is 5.91 Å². The smallest absolute Gasteiger partial charge is 0.243 e. The summed E-state index contributed by atoms with van der Waals surface area (Å²) in [6.07, 6.45) is 6.01. The summed E-state index contributed by atoms with van der Waals surface area (Å²) in [5.74, 6) is 0.166. The average Bonchev–Trinajstić information content (AvgIpc) is 2.79. The molecule has 124 valence electrons. The van der Waals surface area contributed by atoms with Crippen LogP contribution in [0.1, 0.15) is 43.2 Å². The third-order valence-electron chi connectivity index (χ3n) is 5.23. The van der Waals surface area contributed by atoms with Crippen LogP contribution < -0.4 is 4.90 Å². The maximum absolute atomic E-state index is 13.0. The molecule has 0 unspecified atom stereocenters. The Morgan fingerprint density at radius 3 is 2.17 bits per heavy atom. The Morgan fingerprint density at radius 1 is 0.826 bits per heavy atom. The Balaban J connectivity index is 1.74. The van der Waals surface area contributed by atoms with E-state index in [1.54, 1.807) is 10.4 Å². The molecule has 0 aromatic heterocycles. The van der Waals surface area contributed by atoms with E-state index in [4.69, 9.17) is 0 Å². The molecule has 1 amide bonds. The van der Waals surface area contributed by atoms with Gasteiger partial charge < -0.3 is 4.90 Å². The highest BCUT2D eigenvalue weighted by Gasteiger charge is 2.34. The van der Waals surface area contributed by atoms with Crippen molar-refractivity contribution in [1.29, 1.82) is 0 Å². The standard InChI is InChI=1S/C17H22N2O3S/c20-16-6-5-13-11-15(12-14-7-10-19(16)17(13)14)23(21,22)18-8-3-1-2-4-9-18/h11-12H,1-10H2. The predicted octanol–water partition coefficient (Wildman–Crippen LogP) is 2.09. The first-order chi connectivity index (χ1) is 11.1. The highest BCUT2D eigenvalue weighted by molar-refractivity contribution is 7.89. The average molecular weight is 334 g/mol. The number of benzene rings is 1. The number of sulfonamides is 1. The van der Waals surface area contributed by atoms with Crippen molar-refractivity contribution in [3.63, 3.8) is 0 Å². The predicted molar refractivity (Wildman–Crippen MR) is 88.0 cm³/mol. The van der Waals surface area contributed by atoms with Gasteiger partial charge >= 0.3 is 0 Å². The molecule has 0 bridgehead atoms. The van der Waals surface area contributed by atoms with Gasteiger partial charge in [0.2, 0.25) is 15.9 Å². The van der Waals surface area contributed by atoms with Crippen LogP contribution in [0.2, 0.25) is 0 Å². The number of nitrogens with zero attached hydrogens (tertiary/aromatic N) is 2. The van der Waals surface area contributed by atoms with Gasteiger partial charge in [-0.2, -0.15) is 4.31 Å². The van der Waals surface area contributed by atoms with E-state index in [9.17, 15) is 13.2 Å². The van der Waals surface area contributed by atoms with Crippen LogP contribution in [0.25, 0.3) is 0 Å². The fourth-order valence-electron chi connectivity index (χ4n) is 4.01. The molecule has 0 N–H and O–H groups in total. The molecule has 6 heteroatoms. The zero-order valence-corrected chi connectivity index (χ0v) is 14.1. The van der Waals surface area contributed by atoms with Gasteiger partial charge in [0.15, 0.2) is 0 Å². The minimum atomic E-state index is -3.42. The summed E-state index contributed by atoms with van der Waals surface area (Å²) in [7, 11) is -3.42. The SMILES string of the molecule is O=C1CCc2cc(S(=O)(=O)N3CCCCCC3)cc3c2N1CC3. The lowest BCUT2D eigenvalue weighted by molar-refractivity contribution is -0.118. The van der Waals surface area contributed by atoms with Crippen molar-refractivity contribution in [2.24, 2.45) is 0 Å². The molecule has 1 aromatic rings. The molecular formula is C17H22N2O3S. The van der Waals surface area contributed by atoms with Crippen LogP contribution in [0.3, 0.4) is 0 Å². The molecule has 0 aliphatic carbocycles. The lowest BCUT2D eigenvalue weighted by atomic mass is 10.00. The number of carbonyl (C=O) groups excluding carboxylic acids is 1. The molecule has 5 nitrogen and oxygen atoms in total. The second kappa shape index (κ2) is 5.60. The van der Waals surface area contributed by atoms with Crippen LogP contribution in [0, 0.1) is 0 Å². The molecule has 1 fully saturated rings. The summed E-state index contributed by atoms with van der Waals surface area (Å²) in [6.45, 7) is 1.94. The molecule has 0 saturated carbocycles. The van der Waals surface area contributed by atoms with Crippen molar-refractivity contribution in [2.45, 2.75) is 49.8 Å². The van der Waals surface area contributed by atoms with Gasteiger partial charge in [-0.15, -0.1) is 0 Å². The lowest BCUT2D eigenvalue weighted by Gasteiger charge is -2.26. The summed E-state index contributed by atoms with van der Waals surface area (Å²) in [5, 5.41) is 0. The zero-order chi connectivity index (χ0) is 16.0. The maximum atomic E-state index is 13.0. The summed E-state index contributed by atoms with van der Waals surface area (Å²) < 4.78 is 27.7. The normalized spacial score (nSPS) is 22.1. The van der Waals surface area contributed by atoms with Crippen LogP contribution in [0.4, 0.5) is 5.69 Å². The molecule has 1 aromatic carbocycles. The Morgan fingerprint density at radius 2 is 1.48 bits per heavy atom. The van der Waals surface area contributed by atoms with Gasteiger partial charge in [-0.1, -0.05) is 12.8 Å². The van der Waals surface area contributed by atoms with Crippen molar-refractivity contribution in [1.82, 2.24) is 4.31 Å². The summed E-state index contributed by atoms with van der Waals surface area (Å²) in [4.78, 5) is 14.2. The van der Waals surface area contributed by atoms with Crippen LogP contribution in [0.15, 0.2) is 17.0 Å². The van der Waals surface area contributed by atoms with Crippen LogP contribution in [0.5, 0.6) is 0 Å². The number of aryl methyl sites for hydroxylation is 1. The number of hydrogen-bond acceptors (Lipinski definition) is 3. The molecule has 0 radical (unpaired) electrons. The molecule has 3 aliphatic heterocycles. The Kier molecular flexibility index (Phi) is 3.69. The van der Waals surface area contributed by atoms with E-state index in [2.05, 4.69) is 0 Å². The van der Waals surface area contributed by atoms with Gasteiger partial charge in [-0.3, -0.25) is 4.79 Å². The highest BCUT2D eigenvalue weighted by atomic mass is 32.2. The fourth-order valence-corrected chi connectivity index (χ4v) is 5.63. The number of amides is 1. The largest absolute Gasteiger partial charge is 0.312 e. The maximum Gasteiger partial charge on any atom is 0.243 e. The van der Waals surface area contributed by atoms with Crippen molar-refractivity contribution < 1.29 is 13.2 Å². The van der Waals surface area contributed by atoms with Crippen molar-refractivity contribution >= 4 is 21.6 Å². The van der Waals surface area contributed by atoms with Gasteiger partial charge in [0, 0.05) is 26.1 Å². The van der Waals surface area contributed by atoms with Crippen LogP contribution in [-0.4, -0.2) is 38.3 Å². The van der Waals surface area contributed by atoms with E-state index < -0.39 is 10.0 Å². The van der Waals surface area contributed by atoms with E-state index in [0.29, 0.717) is 37.4 Å². The molecule has 3 heterocycles. The summed E-state index contributed by atoms with van der Waals surface area (Å²) in [5.41, 5.74) is 3.02. The lowest BCUT2D eigenvalue weighted by Crippen LogP contribution is -2.34. The van der Waals surface area contributed by atoms with Crippen molar-refractivity contribution in [3.05, 3.63) is 23.3 Å². The molecule has 23 heavy (non-hydrogen) atoms. The van der Waals surface area contributed by atoms with E-state index in [1.165, 1.54) is 0 Å². The van der Waals surface area contributed by atoms with E-state index >= 15 is 0 Å². The molecule has 1 saturated heterocycles. The number of carbonyl (C=O) groups is 1. The quantitative estimate of drug-likeness (QED) is 0.832. The third kappa shape index (κ3) is 2.48. The minimum Gasteiger partial charge on any atom is -0.312 e. The zero-order valence-electron chi connectivity index (χ0n) is 13.3. The fraction of sp³-hybridized carbons (Fsp3) is 0.588. The van der Waals surface area contributed by atoms with Gasteiger partial charge in [-0.05, 0) is 48.9 Å². The second-order valence-electron chi connectivity index (χ2n) is 6.70. The number of rotatable bonds is 2. The molecule has 0 atom stereocenters. The minimum absolute atomic E-state index is 0.166. The Labute approximate surface area is 137 Å². The Bertz CT molecular complexity index is 749. The van der Waals surface area contributed by atoms with E-state index in [0.717, 1.165) is 48.9 Å². The van der Waals surface area contributed by atoms with Crippen LogP contribution in [-0.2, 0) is 27.7 Å². The summed E-state index contributed by atoms with van der Waals surface area (Å²) >= 11 is 0. The second-order valence-corrected chi connectivity index (χ2v) is 8.64. The van der Waals surface area contributed by atoms with Crippen molar-refractivity contribution in [3.8, 4) is 0 Å². The first kappa shape index (κ1) is 15.1. The Hall–Kier alpha value is -1.40. The number of hydrogen-bond donors (Lipinski definition) is 0. The monoisotopic (exact) mass is 334 g/mol. The number of anilines is 1. The van der Waals surface area contributed by atoms with Crippen LogP contribution >= 0.6 is 0 Å². The van der Waals surface area contributed by atoms with Crippen molar-refractivity contribution in [2.75, 3.05) is 24.5 Å². The van der Waals surface area contributed by atoms with Gasteiger partial charge in [0.1, 0.15) is 0 Å². The third-order valence-corrected chi connectivity index (χ3v) is 7.10. The van der Waals surface area contributed by atoms with Gasteiger partial charge in [-0.25, -0.2) is 8.42 Å². The van der Waals surface area contributed by atoms with E-state index in [1.807, 2.05) is 11.0 Å².